The molecule has 2 heteroatoms. The monoisotopic (exact) mass is 295 g/mol. The second-order valence-corrected chi connectivity index (χ2v) is 7.91. The molecule has 0 aromatic heterocycles. The van der Waals surface area contributed by atoms with Gasteiger partial charge in [0.1, 0.15) is 0 Å². The molecule has 2 aromatic carbocycles. The highest BCUT2D eigenvalue weighted by molar-refractivity contribution is 8.00. The SMILES string of the molecule is NC1(CC2Cc3ccccc3S2)CCc2ccccc2C1. The molecule has 0 bridgehead atoms. The van der Waals surface area contributed by atoms with Crippen molar-refractivity contribution in [2.75, 3.05) is 0 Å². The Hall–Kier alpha value is -1.25. The van der Waals surface area contributed by atoms with Crippen molar-refractivity contribution in [3.05, 3.63) is 65.2 Å². The van der Waals surface area contributed by atoms with Gasteiger partial charge in [-0.05, 0) is 54.9 Å². The zero-order valence-corrected chi connectivity index (χ0v) is 13.0. The molecule has 0 saturated heterocycles. The third-order valence-corrected chi connectivity index (χ3v) is 6.22. The van der Waals surface area contributed by atoms with Gasteiger partial charge in [-0.2, -0.15) is 0 Å². The molecule has 1 nitrogen and oxygen atoms in total. The van der Waals surface area contributed by atoms with Crippen LogP contribution in [-0.4, -0.2) is 10.8 Å². The standard InChI is InChI=1S/C19H21NS/c20-19(10-9-14-5-1-2-7-16(14)12-19)13-17-11-15-6-3-4-8-18(15)21-17/h1-8,17H,9-13,20H2. The molecule has 0 radical (unpaired) electrons. The summed E-state index contributed by atoms with van der Waals surface area (Å²) < 4.78 is 0. The summed E-state index contributed by atoms with van der Waals surface area (Å²) in [6.45, 7) is 0. The van der Waals surface area contributed by atoms with Crippen LogP contribution in [0.5, 0.6) is 0 Å². The lowest BCUT2D eigenvalue weighted by Crippen LogP contribution is -2.47. The van der Waals surface area contributed by atoms with Crippen molar-refractivity contribution in [2.24, 2.45) is 5.73 Å². The van der Waals surface area contributed by atoms with Crippen molar-refractivity contribution in [3.63, 3.8) is 0 Å². The summed E-state index contributed by atoms with van der Waals surface area (Å²) >= 11 is 2.03. The lowest BCUT2D eigenvalue weighted by atomic mass is 9.75. The lowest BCUT2D eigenvalue weighted by Gasteiger charge is -2.36. The third-order valence-electron chi connectivity index (χ3n) is 4.90. The second-order valence-electron chi connectivity index (χ2n) is 6.56. The quantitative estimate of drug-likeness (QED) is 0.907. The summed E-state index contributed by atoms with van der Waals surface area (Å²) in [6, 6.07) is 17.6. The minimum Gasteiger partial charge on any atom is -0.325 e. The number of rotatable bonds is 2. The van der Waals surface area contributed by atoms with Gasteiger partial charge in [-0.15, -0.1) is 11.8 Å². The van der Waals surface area contributed by atoms with Crippen LogP contribution in [0.2, 0.25) is 0 Å². The van der Waals surface area contributed by atoms with Crippen molar-refractivity contribution in [2.45, 2.75) is 47.8 Å². The molecule has 1 aliphatic heterocycles. The highest BCUT2D eigenvalue weighted by Crippen LogP contribution is 2.42. The summed E-state index contributed by atoms with van der Waals surface area (Å²) in [5.74, 6) is 0. The normalized spacial score (nSPS) is 27.2. The molecule has 0 fully saturated rings. The molecule has 21 heavy (non-hydrogen) atoms. The maximum atomic E-state index is 6.78. The molecular formula is C19H21NS. The fraction of sp³-hybridized carbons (Fsp3) is 0.368. The summed E-state index contributed by atoms with van der Waals surface area (Å²) in [4.78, 5) is 1.46. The average molecular weight is 295 g/mol. The highest BCUT2D eigenvalue weighted by Gasteiger charge is 2.35. The van der Waals surface area contributed by atoms with E-state index in [1.165, 1.54) is 28.0 Å². The van der Waals surface area contributed by atoms with Gasteiger partial charge in [0.2, 0.25) is 0 Å². The number of fused-ring (bicyclic) bond motifs is 2. The Kier molecular flexibility index (Phi) is 3.31. The zero-order chi connectivity index (χ0) is 14.3. The van der Waals surface area contributed by atoms with E-state index < -0.39 is 0 Å². The first kappa shape index (κ1) is 13.4. The van der Waals surface area contributed by atoms with E-state index in [1.807, 2.05) is 11.8 Å². The van der Waals surface area contributed by atoms with Crippen LogP contribution >= 0.6 is 11.8 Å². The van der Waals surface area contributed by atoms with E-state index in [0.717, 1.165) is 25.7 Å². The van der Waals surface area contributed by atoms with Crippen LogP contribution in [0.15, 0.2) is 53.4 Å². The first-order valence-electron chi connectivity index (χ1n) is 7.82. The van der Waals surface area contributed by atoms with Gasteiger partial charge >= 0.3 is 0 Å². The Morgan fingerprint density at radius 2 is 1.71 bits per heavy atom. The maximum Gasteiger partial charge on any atom is 0.0209 e. The molecular weight excluding hydrogens is 274 g/mol. The van der Waals surface area contributed by atoms with Gasteiger partial charge in [0, 0.05) is 15.7 Å². The Bertz CT molecular complexity index is 641. The van der Waals surface area contributed by atoms with Gasteiger partial charge in [-0.1, -0.05) is 42.5 Å². The Morgan fingerprint density at radius 3 is 2.52 bits per heavy atom. The fourth-order valence-electron chi connectivity index (χ4n) is 3.82. The molecule has 1 heterocycles. The van der Waals surface area contributed by atoms with Gasteiger partial charge in [0.15, 0.2) is 0 Å². The number of hydrogen-bond donors (Lipinski definition) is 1. The Morgan fingerprint density at radius 1 is 1.00 bits per heavy atom. The molecule has 0 amide bonds. The van der Waals surface area contributed by atoms with Gasteiger partial charge in [-0.3, -0.25) is 0 Å². The predicted octanol–water partition coefficient (Wildman–Crippen LogP) is 3.98. The first-order chi connectivity index (χ1) is 10.2. The van der Waals surface area contributed by atoms with Crippen LogP contribution in [0, 0.1) is 0 Å². The van der Waals surface area contributed by atoms with Crippen LogP contribution in [0.1, 0.15) is 29.5 Å². The number of benzene rings is 2. The largest absolute Gasteiger partial charge is 0.325 e. The molecule has 2 N–H and O–H groups in total. The highest BCUT2D eigenvalue weighted by atomic mass is 32.2. The maximum absolute atomic E-state index is 6.78. The van der Waals surface area contributed by atoms with Gasteiger partial charge in [0.05, 0.1) is 0 Å². The topological polar surface area (TPSA) is 26.0 Å². The van der Waals surface area contributed by atoms with E-state index in [9.17, 15) is 0 Å². The molecule has 0 saturated carbocycles. The molecule has 108 valence electrons. The summed E-state index contributed by atoms with van der Waals surface area (Å²) in [7, 11) is 0. The van der Waals surface area contributed by atoms with E-state index >= 15 is 0 Å². The van der Waals surface area contributed by atoms with Crippen molar-refractivity contribution in [1.82, 2.24) is 0 Å². The molecule has 4 rings (SSSR count). The van der Waals surface area contributed by atoms with Crippen LogP contribution in [0.3, 0.4) is 0 Å². The van der Waals surface area contributed by atoms with E-state index in [4.69, 9.17) is 5.73 Å². The first-order valence-corrected chi connectivity index (χ1v) is 8.70. The predicted molar refractivity (Wildman–Crippen MR) is 89.8 cm³/mol. The summed E-state index contributed by atoms with van der Waals surface area (Å²) in [5, 5.41) is 0.651. The molecule has 1 aliphatic carbocycles. The van der Waals surface area contributed by atoms with Crippen LogP contribution in [-0.2, 0) is 19.3 Å². The van der Waals surface area contributed by atoms with Crippen LogP contribution in [0.25, 0.3) is 0 Å². The summed E-state index contributed by atoms with van der Waals surface area (Å²) in [5.41, 5.74) is 11.2. The van der Waals surface area contributed by atoms with Crippen molar-refractivity contribution in [1.29, 1.82) is 0 Å². The van der Waals surface area contributed by atoms with Crippen LogP contribution < -0.4 is 5.73 Å². The van der Waals surface area contributed by atoms with Crippen molar-refractivity contribution >= 4 is 11.8 Å². The van der Waals surface area contributed by atoms with E-state index in [-0.39, 0.29) is 5.54 Å². The lowest BCUT2D eigenvalue weighted by molar-refractivity contribution is 0.343. The summed E-state index contributed by atoms with van der Waals surface area (Å²) in [6.07, 6.45) is 5.60. The van der Waals surface area contributed by atoms with Crippen molar-refractivity contribution < 1.29 is 0 Å². The van der Waals surface area contributed by atoms with Crippen LogP contribution in [0.4, 0.5) is 0 Å². The molecule has 2 aliphatic rings. The molecule has 2 aromatic rings. The van der Waals surface area contributed by atoms with E-state index in [2.05, 4.69) is 48.5 Å². The third kappa shape index (κ3) is 2.63. The molecule has 2 unspecified atom stereocenters. The number of nitrogens with two attached hydrogens (primary N) is 1. The minimum atomic E-state index is -0.0198. The second kappa shape index (κ2) is 5.19. The Labute approximate surface area is 130 Å². The van der Waals surface area contributed by atoms with Crippen molar-refractivity contribution in [3.8, 4) is 0 Å². The van der Waals surface area contributed by atoms with Gasteiger partial charge in [-0.25, -0.2) is 0 Å². The number of thioether (sulfide) groups is 1. The van der Waals surface area contributed by atoms with Gasteiger partial charge < -0.3 is 5.73 Å². The Balaban J connectivity index is 1.49. The average Bonchev–Trinajstić information content (AvgIpc) is 2.88. The smallest absolute Gasteiger partial charge is 0.0209 e. The zero-order valence-electron chi connectivity index (χ0n) is 12.2. The number of aryl methyl sites for hydroxylation is 1. The van der Waals surface area contributed by atoms with E-state index in [1.54, 1.807) is 0 Å². The number of hydrogen-bond acceptors (Lipinski definition) is 2. The van der Waals surface area contributed by atoms with E-state index in [0.29, 0.717) is 5.25 Å². The van der Waals surface area contributed by atoms with Gasteiger partial charge in [0.25, 0.3) is 0 Å². The molecule has 0 spiro atoms. The minimum absolute atomic E-state index is 0.0198. The fourth-order valence-corrected chi connectivity index (χ4v) is 5.32. The molecule has 2 atom stereocenters.